The molecule has 4 fully saturated rings. The van der Waals surface area contributed by atoms with Crippen molar-refractivity contribution in [2.75, 3.05) is 60.6 Å². The number of aryl methyl sites for hydroxylation is 3. The third kappa shape index (κ3) is 21.9. The van der Waals surface area contributed by atoms with Crippen LogP contribution in [-0.4, -0.2) is 194 Å². The first-order valence-electron chi connectivity index (χ1n) is 46.5. The van der Waals surface area contributed by atoms with E-state index in [9.17, 15) is 61.2 Å². The van der Waals surface area contributed by atoms with Crippen LogP contribution in [-0.2, 0) is 48.9 Å². The summed E-state index contributed by atoms with van der Waals surface area (Å²) in [5, 5.41) is 18.2. The van der Waals surface area contributed by atoms with Crippen LogP contribution in [0.3, 0.4) is 0 Å². The van der Waals surface area contributed by atoms with Crippen LogP contribution in [0.1, 0.15) is 143 Å². The second-order valence-corrected chi connectivity index (χ2v) is 45.1. The fourth-order valence-corrected chi connectivity index (χ4v) is 21.8. The lowest BCUT2D eigenvalue weighted by molar-refractivity contribution is 0.00578. The van der Waals surface area contributed by atoms with Gasteiger partial charge in [-0.2, -0.15) is 15.3 Å². The van der Waals surface area contributed by atoms with E-state index in [0.29, 0.717) is 88.5 Å². The number of amides is 2. The fraction of sp³-hybridized carbons (Fsp3) is 0.340. The van der Waals surface area contributed by atoms with Crippen molar-refractivity contribution in [2.45, 2.75) is 184 Å². The number of rotatable bonds is 18. The van der Waals surface area contributed by atoms with Crippen molar-refractivity contribution in [1.29, 1.82) is 0 Å². The summed E-state index contributed by atoms with van der Waals surface area (Å²) >= 11 is 3.32. The number of hydrogen-bond acceptors (Lipinski definition) is 22. The summed E-state index contributed by atoms with van der Waals surface area (Å²) in [6, 6.07) is 30.4. The van der Waals surface area contributed by atoms with Crippen LogP contribution in [0.15, 0.2) is 221 Å². The Balaban J connectivity index is 0.000000141. The lowest BCUT2D eigenvalue weighted by Crippen LogP contribution is -2.42. The molecule has 30 nitrogen and oxygen atoms in total. The van der Waals surface area contributed by atoms with Crippen molar-refractivity contribution in [2.24, 2.45) is 0 Å². The molecule has 0 aliphatic carbocycles. The van der Waals surface area contributed by atoms with Gasteiger partial charge in [0.2, 0.25) is 0 Å². The quantitative estimate of drug-likeness (QED) is 0.0616. The minimum Gasteiger partial charge on any atom is -0.493 e. The van der Waals surface area contributed by atoms with Crippen LogP contribution in [0.2, 0.25) is 0 Å². The lowest BCUT2D eigenvalue weighted by Gasteiger charge is -2.33. The number of piperidine rings is 3. The van der Waals surface area contributed by atoms with E-state index < -0.39 is 83.3 Å². The van der Waals surface area contributed by atoms with Crippen molar-refractivity contribution in [1.82, 2.24) is 71.3 Å². The first-order chi connectivity index (χ1) is 68.1. The smallest absolute Gasteiger partial charge is 0.493 e. The zero-order chi connectivity index (χ0) is 103. The summed E-state index contributed by atoms with van der Waals surface area (Å²) < 4.78 is 217. The molecule has 2 amide bonds. The Bertz CT molecular complexity index is 7700. The summed E-state index contributed by atoms with van der Waals surface area (Å²) in [6.45, 7) is 29.2. The molecule has 9 aromatic heterocycles. The highest BCUT2D eigenvalue weighted by Crippen LogP contribution is 2.46. The molecule has 0 saturated carbocycles. The Labute approximate surface area is 839 Å². The van der Waals surface area contributed by atoms with E-state index in [4.69, 9.17) is 33.0 Å². The second kappa shape index (κ2) is 41.1. The molecule has 0 unspecified atom stereocenters. The van der Waals surface area contributed by atoms with E-state index in [1.807, 2.05) is 129 Å². The number of hydrogen-bond donors (Lipinski definition) is 1. The molecule has 15 aromatic rings. The molecule has 6 aromatic carbocycles. The number of carbonyl (C=O) groups excluding carboxylic acids is 2. The van der Waals surface area contributed by atoms with Gasteiger partial charge in [-0.25, -0.2) is 88.1 Å². The molecule has 144 heavy (non-hydrogen) atoms. The van der Waals surface area contributed by atoms with Gasteiger partial charge in [0.05, 0.1) is 77.7 Å². The average Bonchev–Trinajstić information content (AvgIpc) is 1.44. The molecular weight excluding hydrogens is 1990 g/mol. The van der Waals surface area contributed by atoms with Gasteiger partial charge in [-0.05, 0) is 230 Å². The number of fused-ring (bicyclic) bond motifs is 3. The van der Waals surface area contributed by atoms with E-state index in [0.717, 1.165) is 103 Å². The van der Waals surface area contributed by atoms with E-state index in [-0.39, 0.29) is 124 Å². The van der Waals surface area contributed by atoms with Crippen LogP contribution < -0.4 is 25.0 Å². The largest absolute Gasteiger partial charge is 0.498 e. The third-order valence-corrected chi connectivity index (χ3v) is 31.1. The Hall–Kier alpha value is -13.2. The SMILES string of the molecule is CC(C)(C)OC(=O)N1CCC(n2cc(B3OC(C)(C)C(C)(C)O3)cn2)CC1.COc1c(F)cc(F)cc1-c1cn(S(=O)(=O)c2ccc(C)cc2)c2ncc(-c3cnn(C4CCN(C(=O)OC(C)(C)C)CC4)c3)cc12.COc1c(F)cc(F)cc1-c1cn(S(=O)(=O)c2ccc(C)cc2)c2ncc(-c3cnn(C4CCNCC4)c3)cc12.COc1c(F)cc(F)cc1-c1cn(S(=O)(=O)c2ccc(C)cc2)c2ncc(Br)cc12. The van der Waals surface area contributed by atoms with E-state index >= 15 is 0 Å². The topological polar surface area (TPSA) is 327 Å². The van der Waals surface area contributed by atoms with Crippen molar-refractivity contribution in [3.63, 3.8) is 0 Å². The highest BCUT2D eigenvalue weighted by molar-refractivity contribution is 9.10. The highest BCUT2D eigenvalue weighted by atomic mass is 79.9. The fourth-order valence-electron chi connectivity index (χ4n) is 17.5. The van der Waals surface area contributed by atoms with Crippen LogP contribution >= 0.6 is 15.9 Å². The Morgan fingerprint density at radius 1 is 0.410 bits per heavy atom. The standard InChI is InChI=1S/C34H35F2N5O5S.C29H27F2N5O3S.C21H15BrF2N2O3S.C19H32BN3O4/c1-21-6-8-26(9-7-21)47(43,44)41-20-29(27-15-24(35)16-30(36)31(27)45-5)28-14-22(17-37-32(28)41)23-18-38-40(19-23)25-10-12-39(13-11-25)33(42)46-34(2,3)4;1-18-3-5-23(6-4-18)40(37,38)36-17-26(24-12-21(30)13-27(31)28(24)39-2)25-11-19(14-33-29(25)36)20-15-34-35(16-20)22-7-9-32-10-8-22;1-12-3-5-15(6-4-12)30(27,28)26-11-18(17-7-13(22)10-25-21(17)26)16-8-14(23)9-19(24)20(16)29-2;1-17(2,3)25-16(24)22-10-8-15(9-11-22)23-13-14(12-21-23)20-26-18(4,5)19(6,7)27-20/h6-9,14-20,25H,10-13H2,1-5H3;3-6,11-17,22,32H,7-10H2,1-2H3;3-11H,1-2H3;12-13,15H,8-11H2,1-7H3. The number of benzene rings is 6. The summed E-state index contributed by atoms with van der Waals surface area (Å²) in [4.78, 5) is 41.7. The summed E-state index contributed by atoms with van der Waals surface area (Å²) in [6.07, 6.45) is 24.1. The zero-order valence-corrected chi connectivity index (χ0v) is 86.1. The number of halogens is 7. The van der Waals surface area contributed by atoms with Gasteiger partial charge >= 0.3 is 19.3 Å². The maximum Gasteiger partial charge on any atom is 0.498 e. The van der Waals surface area contributed by atoms with Gasteiger partial charge < -0.3 is 48.1 Å². The van der Waals surface area contributed by atoms with Crippen molar-refractivity contribution >= 4 is 104 Å². The second-order valence-electron chi connectivity index (χ2n) is 38.7. The van der Waals surface area contributed by atoms with Crippen LogP contribution in [0, 0.1) is 55.7 Å². The summed E-state index contributed by atoms with van der Waals surface area (Å²) in [7, 11) is -8.85. The summed E-state index contributed by atoms with van der Waals surface area (Å²) in [5.74, 6) is -5.80. The maximum atomic E-state index is 14.9. The number of pyridine rings is 3. The van der Waals surface area contributed by atoms with Crippen LogP contribution in [0.25, 0.3) is 88.7 Å². The number of methoxy groups -OCH3 is 3. The van der Waals surface area contributed by atoms with Gasteiger partial charge in [0.15, 0.2) is 51.6 Å². The molecule has 41 heteroatoms. The minimum absolute atomic E-state index is 0.0359. The van der Waals surface area contributed by atoms with Crippen LogP contribution in [0.5, 0.6) is 17.2 Å². The molecular formula is C103H109BBrF6N15O15S3. The first kappa shape index (κ1) is 104. The van der Waals surface area contributed by atoms with Gasteiger partial charge in [-0.1, -0.05) is 53.1 Å². The van der Waals surface area contributed by atoms with E-state index in [1.54, 1.807) is 89.2 Å². The molecule has 0 spiro atoms. The molecule has 756 valence electrons. The molecule has 1 N–H and O–H groups in total. The van der Waals surface area contributed by atoms with Gasteiger partial charge in [-0.15, -0.1) is 0 Å². The first-order valence-corrected chi connectivity index (χ1v) is 51.6. The van der Waals surface area contributed by atoms with Gasteiger partial charge in [0, 0.05) is 188 Å². The predicted molar refractivity (Wildman–Crippen MR) is 538 cm³/mol. The molecule has 0 bridgehead atoms. The minimum atomic E-state index is -4.15. The molecule has 13 heterocycles. The molecule has 4 aliphatic heterocycles. The van der Waals surface area contributed by atoms with E-state index in [2.05, 4.69) is 51.5 Å². The van der Waals surface area contributed by atoms with Crippen molar-refractivity contribution < 1.29 is 94.2 Å². The number of nitrogens with one attached hydrogen (secondary N) is 1. The Kier molecular flexibility index (Phi) is 29.6. The van der Waals surface area contributed by atoms with Crippen LogP contribution in [0.4, 0.5) is 35.9 Å². The number of likely N-dealkylation sites (tertiary alicyclic amines) is 2. The molecule has 0 radical (unpaired) electrons. The van der Waals surface area contributed by atoms with Gasteiger partial charge in [0.25, 0.3) is 30.1 Å². The average molecular weight is 2100 g/mol. The number of carbonyl (C=O) groups is 2. The predicted octanol–water partition coefficient (Wildman–Crippen LogP) is 20.3. The van der Waals surface area contributed by atoms with E-state index in [1.165, 1.54) is 82.5 Å². The number of aromatic nitrogens is 12. The van der Waals surface area contributed by atoms with Crippen molar-refractivity contribution in [3.8, 4) is 72.9 Å². The van der Waals surface area contributed by atoms with Gasteiger partial charge in [-0.3, -0.25) is 14.0 Å². The molecule has 19 rings (SSSR count). The molecule has 4 saturated heterocycles. The maximum absolute atomic E-state index is 14.9. The third-order valence-electron chi connectivity index (χ3n) is 25.7. The normalized spacial score (nSPS) is 15.5. The monoisotopic (exact) mass is 2100 g/mol. The lowest BCUT2D eigenvalue weighted by atomic mass is 9.82. The zero-order valence-electron chi connectivity index (χ0n) is 82.1. The van der Waals surface area contributed by atoms with Gasteiger partial charge in [0.1, 0.15) is 28.7 Å². The highest BCUT2D eigenvalue weighted by Gasteiger charge is 2.52. The Morgan fingerprint density at radius 2 is 0.722 bits per heavy atom. The number of ether oxygens (including phenoxy) is 5. The Morgan fingerprint density at radius 3 is 1.06 bits per heavy atom. The number of nitrogens with zero attached hydrogens (tertiary/aromatic N) is 14. The van der Waals surface area contributed by atoms with Crippen molar-refractivity contribution in [3.05, 3.63) is 258 Å². The molecule has 4 aliphatic rings. The molecule has 0 atom stereocenters. The summed E-state index contributed by atoms with van der Waals surface area (Å²) in [5.41, 5.74) is 5.99.